The van der Waals surface area contributed by atoms with Crippen molar-refractivity contribution in [2.75, 3.05) is 11.6 Å². The van der Waals surface area contributed by atoms with Gasteiger partial charge in [-0.05, 0) is 30.5 Å². The van der Waals surface area contributed by atoms with E-state index in [0.29, 0.717) is 11.0 Å². The zero-order valence-corrected chi connectivity index (χ0v) is 10.3. The fourth-order valence-corrected chi connectivity index (χ4v) is 2.12. The number of hydrogen-bond donors (Lipinski definition) is 1. The molecule has 2 rings (SSSR count). The van der Waals surface area contributed by atoms with Crippen molar-refractivity contribution in [2.24, 2.45) is 0 Å². The summed E-state index contributed by atoms with van der Waals surface area (Å²) < 4.78 is 7.91. The average Bonchev–Trinajstić information content (AvgIpc) is 2.66. The van der Waals surface area contributed by atoms with Crippen molar-refractivity contribution in [3.05, 3.63) is 29.4 Å². The number of benzene rings is 1. The Balaban J connectivity index is 2.14. The van der Waals surface area contributed by atoms with Crippen LogP contribution in [0.25, 0.3) is 0 Å². The van der Waals surface area contributed by atoms with Gasteiger partial charge in [0, 0.05) is 10.6 Å². The molecule has 1 aromatic carbocycles. The Kier molecular flexibility index (Phi) is 3.45. The molecule has 6 heteroatoms. The van der Waals surface area contributed by atoms with Crippen molar-refractivity contribution < 1.29 is 0 Å². The molecule has 0 radical (unpaired) electrons. The molecule has 0 fully saturated rings. The molecule has 0 saturated carbocycles. The van der Waals surface area contributed by atoms with Gasteiger partial charge in [-0.3, -0.25) is 0 Å². The molecule has 2 aromatic rings. The molecule has 3 nitrogen and oxygen atoms in total. The maximum Gasteiger partial charge on any atom is 0.187 e. The summed E-state index contributed by atoms with van der Waals surface area (Å²) in [6.45, 7) is 0. The van der Waals surface area contributed by atoms with Crippen molar-refractivity contribution >= 4 is 46.6 Å². The first-order valence-corrected chi connectivity index (χ1v) is 6.52. The highest BCUT2D eigenvalue weighted by molar-refractivity contribution is 7.98. The molecule has 0 atom stereocenters. The second kappa shape index (κ2) is 4.83. The molecule has 1 aromatic heterocycles. The van der Waals surface area contributed by atoms with Gasteiger partial charge in [0.05, 0.1) is 11.7 Å². The lowest BCUT2D eigenvalue weighted by atomic mass is 10.3. The van der Waals surface area contributed by atoms with E-state index in [4.69, 9.17) is 11.6 Å². The molecule has 0 saturated heterocycles. The van der Waals surface area contributed by atoms with E-state index in [1.807, 2.05) is 30.5 Å². The standard InChI is InChI=1S/C9H8ClN3S2/c1-14-7-4-2-6(3-5-7)11-9-8(10)12-15-13-9/h2-5H,1H3,(H,11,13). The van der Waals surface area contributed by atoms with Gasteiger partial charge in [-0.2, -0.15) is 8.75 Å². The number of thioether (sulfide) groups is 1. The number of hydrogen-bond acceptors (Lipinski definition) is 5. The molecule has 0 amide bonds. The van der Waals surface area contributed by atoms with E-state index in [2.05, 4.69) is 14.1 Å². The Labute approximate surface area is 101 Å². The summed E-state index contributed by atoms with van der Waals surface area (Å²) in [6, 6.07) is 8.06. The molecular weight excluding hydrogens is 250 g/mol. The molecule has 1 N–H and O–H groups in total. The quantitative estimate of drug-likeness (QED) is 0.852. The predicted octanol–water partition coefficient (Wildman–Crippen LogP) is 3.66. The Morgan fingerprint density at radius 3 is 2.53 bits per heavy atom. The van der Waals surface area contributed by atoms with E-state index >= 15 is 0 Å². The van der Waals surface area contributed by atoms with Crippen LogP contribution < -0.4 is 5.32 Å². The third kappa shape index (κ3) is 2.62. The summed E-state index contributed by atoms with van der Waals surface area (Å²) in [5.41, 5.74) is 0.961. The summed E-state index contributed by atoms with van der Waals surface area (Å²) in [7, 11) is 0. The molecular formula is C9H8ClN3S2. The third-order valence-electron chi connectivity index (χ3n) is 1.80. The first-order chi connectivity index (χ1) is 7.29. The van der Waals surface area contributed by atoms with Crippen LogP contribution in [-0.2, 0) is 0 Å². The highest BCUT2D eigenvalue weighted by atomic mass is 35.5. The van der Waals surface area contributed by atoms with Crippen LogP contribution in [0.4, 0.5) is 11.5 Å². The zero-order chi connectivity index (χ0) is 10.7. The maximum atomic E-state index is 5.82. The highest BCUT2D eigenvalue weighted by Crippen LogP contribution is 2.24. The second-order valence-electron chi connectivity index (χ2n) is 2.76. The smallest absolute Gasteiger partial charge is 0.187 e. The van der Waals surface area contributed by atoms with Crippen LogP contribution >= 0.6 is 35.1 Å². The minimum Gasteiger partial charge on any atom is -0.337 e. The van der Waals surface area contributed by atoms with E-state index < -0.39 is 0 Å². The molecule has 0 unspecified atom stereocenters. The summed E-state index contributed by atoms with van der Waals surface area (Å²) in [6.07, 6.45) is 2.05. The van der Waals surface area contributed by atoms with Crippen molar-refractivity contribution in [3.8, 4) is 0 Å². The summed E-state index contributed by atoms with van der Waals surface area (Å²) in [5, 5.41) is 3.51. The SMILES string of the molecule is CSc1ccc(Nc2nsnc2Cl)cc1. The maximum absolute atomic E-state index is 5.82. The van der Waals surface area contributed by atoms with Gasteiger partial charge >= 0.3 is 0 Å². The van der Waals surface area contributed by atoms with Crippen LogP contribution in [0.3, 0.4) is 0 Å². The number of nitrogens with zero attached hydrogens (tertiary/aromatic N) is 2. The van der Waals surface area contributed by atoms with Gasteiger partial charge in [-0.1, -0.05) is 11.6 Å². The van der Waals surface area contributed by atoms with Gasteiger partial charge < -0.3 is 5.32 Å². The zero-order valence-electron chi connectivity index (χ0n) is 7.90. The monoisotopic (exact) mass is 257 g/mol. The van der Waals surface area contributed by atoms with Gasteiger partial charge in [-0.25, -0.2) is 0 Å². The van der Waals surface area contributed by atoms with E-state index in [1.54, 1.807) is 11.8 Å². The van der Waals surface area contributed by atoms with E-state index in [0.717, 1.165) is 17.4 Å². The molecule has 0 bridgehead atoms. The lowest BCUT2D eigenvalue weighted by Crippen LogP contribution is -1.90. The molecule has 0 aliphatic rings. The summed E-state index contributed by atoms with van der Waals surface area (Å²) in [5.74, 6) is 0.610. The van der Waals surface area contributed by atoms with E-state index in [-0.39, 0.29) is 0 Å². The normalized spacial score (nSPS) is 10.3. The topological polar surface area (TPSA) is 37.8 Å². The Morgan fingerprint density at radius 1 is 1.27 bits per heavy atom. The summed E-state index contributed by atoms with van der Waals surface area (Å²) >= 11 is 8.62. The summed E-state index contributed by atoms with van der Waals surface area (Å²) in [4.78, 5) is 1.23. The van der Waals surface area contributed by atoms with Crippen molar-refractivity contribution in [3.63, 3.8) is 0 Å². The van der Waals surface area contributed by atoms with Gasteiger partial charge in [0.15, 0.2) is 11.0 Å². The van der Waals surface area contributed by atoms with Crippen LogP contribution in [0.15, 0.2) is 29.2 Å². The van der Waals surface area contributed by atoms with Crippen molar-refractivity contribution in [1.29, 1.82) is 0 Å². The third-order valence-corrected chi connectivity index (χ3v) is 3.44. The van der Waals surface area contributed by atoms with Crippen LogP contribution in [-0.4, -0.2) is 15.0 Å². The predicted molar refractivity (Wildman–Crippen MR) is 66.4 cm³/mol. The first kappa shape index (κ1) is 10.7. The van der Waals surface area contributed by atoms with Gasteiger partial charge in [0.1, 0.15) is 0 Å². The molecule has 78 valence electrons. The van der Waals surface area contributed by atoms with E-state index in [9.17, 15) is 0 Å². The van der Waals surface area contributed by atoms with Gasteiger partial charge in [0.25, 0.3) is 0 Å². The lowest BCUT2D eigenvalue weighted by Gasteiger charge is -2.03. The number of anilines is 2. The average molecular weight is 258 g/mol. The second-order valence-corrected chi connectivity index (χ2v) is 4.52. The molecule has 1 heterocycles. The minimum atomic E-state index is 0.411. The molecule has 0 aliphatic carbocycles. The first-order valence-electron chi connectivity index (χ1n) is 4.19. The largest absolute Gasteiger partial charge is 0.337 e. The highest BCUT2D eigenvalue weighted by Gasteiger charge is 2.04. The van der Waals surface area contributed by atoms with Crippen LogP contribution in [0.2, 0.25) is 5.15 Å². The molecule has 0 aliphatic heterocycles. The lowest BCUT2D eigenvalue weighted by molar-refractivity contribution is 1.41. The fourth-order valence-electron chi connectivity index (χ4n) is 1.06. The molecule has 15 heavy (non-hydrogen) atoms. The molecule has 0 spiro atoms. The Morgan fingerprint density at radius 2 is 2.00 bits per heavy atom. The fraction of sp³-hybridized carbons (Fsp3) is 0.111. The van der Waals surface area contributed by atoms with Crippen LogP contribution in [0.5, 0.6) is 0 Å². The number of rotatable bonds is 3. The number of aromatic nitrogens is 2. The van der Waals surface area contributed by atoms with Gasteiger partial charge in [-0.15, -0.1) is 11.8 Å². The number of nitrogens with one attached hydrogen (secondary N) is 1. The Bertz CT molecular complexity index is 441. The van der Waals surface area contributed by atoms with Gasteiger partial charge in [0.2, 0.25) is 0 Å². The van der Waals surface area contributed by atoms with Crippen molar-refractivity contribution in [1.82, 2.24) is 8.75 Å². The minimum absolute atomic E-state index is 0.411. The van der Waals surface area contributed by atoms with E-state index in [1.165, 1.54) is 4.90 Å². The Hall–Kier alpha value is -0.780. The van der Waals surface area contributed by atoms with Crippen LogP contribution in [0, 0.1) is 0 Å². The van der Waals surface area contributed by atoms with Crippen LogP contribution in [0.1, 0.15) is 0 Å². The van der Waals surface area contributed by atoms with Crippen molar-refractivity contribution in [2.45, 2.75) is 4.90 Å². The number of halogens is 1.